The van der Waals surface area contributed by atoms with Crippen molar-refractivity contribution in [3.8, 4) is 5.75 Å². The van der Waals surface area contributed by atoms with Gasteiger partial charge >= 0.3 is 0 Å². The normalized spacial score (nSPS) is 14.5. The lowest BCUT2D eigenvalue weighted by Gasteiger charge is -2.34. The third-order valence-electron chi connectivity index (χ3n) is 6.02. The summed E-state index contributed by atoms with van der Waals surface area (Å²) < 4.78 is 12.2. The molecule has 1 aliphatic rings. The first kappa shape index (κ1) is 22.7. The fourth-order valence-electron chi connectivity index (χ4n) is 4.22. The smallest absolute Gasteiger partial charge is 0.287 e. The van der Waals surface area contributed by atoms with E-state index < -0.39 is 0 Å². The molecule has 0 atom stereocenters. The average Bonchev–Trinajstić information content (AvgIpc) is 3.46. The van der Waals surface area contributed by atoms with Crippen LogP contribution in [-0.2, 0) is 5.75 Å². The Balaban J connectivity index is 1.26. The summed E-state index contributed by atoms with van der Waals surface area (Å²) in [5.41, 5.74) is 2.81. The van der Waals surface area contributed by atoms with Crippen molar-refractivity contribution in [3.05, 3.63) is 64.9 Å². The molecule has 1 aliphatic heterocycles. The van der Waals surface area contributed by atoms with Crippen LogP contribution in [0, 0.1) is 6.92 Å². The molecule has 0 radical (unpaired) electrons. The number of ether oxygens (including phenoxy) is 1. The number of methoxy groups -OCH3 is 1. The number of fused-ring (bicyclic) bond motifs is 1. The van der Waals surface area contributed by atoms with E-state index in [4.69, 9.17) is 9.15 Å². The van der Waals surface area contributed by atoms with Gasteiger partial charge in [-0.1, -0.05) is 41.3 Å². The van der Waals surface area contributed by atoms with Gasteiger partial charge in [0, 0.05) is 41.5 Å². The minimum Gasteiger partial charge on any atom is -0.497 e. The van der Waals surface area contributed by atoms with Gasteiger partial charge in [0.05, 0.1) is 7.11 Å². The van der Waals surface area contributed by atoms with Gasteiger partial charge in [0.1, 0.15) is 16.3 Å². The zero-order valence-corrected chi connectivity index (χ0v) is 20.7. The number of aryl methyl sites for hydroxylation is 1. The fourth-order valence-corrected chi connectivity index (χ4v) is 6.07. The van der Waals surface area contributed by atoms with E-state index in [2.05, 4.69) is 32.5 Å². The zero-order chi connectivity index (χ0) is 23.5. The van der Waals surface area contributed by atoms with E-state index in [9.17, 15) is 4.79 Å². The van der Waals surface area contributed by atoms with E-state index in [0.29, 0.717) is 11.5 Å². The Kier molecular flexibility index (Phi) is 6.73. The maximum absolute atomic E-state index is 13.3. The Morgan fingerprint density at radius 1 is 1.18 bits per heavy atom. The first-order valence-electron chi connectivity index (χ1n) is 11.2. The Labute approximate surface area is 206 Å². The Bertz CT molecular complexity index is 1280. The summed E-state index contributed by atoms with van der Waals surface area (Å²) in [5.74, 6) is 1.70. The van der Waals surface area contributed by atoms with Crippen LogP contribution in [0.1, 0.15) is 34.0 Å². The lowest BCUT2D eigenvalue weighted by Crippen LogP contribution is -2.44. The van der Waals surface area contributed by atoms with Gasteiger partial charge < -0.3 is 19.4 Å². The summed E-state index contributed by atoms with van der Waals surface area (Å²) in [6, 6.07) is 16.0. The molecule has 2 aromatic carbocycles. The molecule has 5 rings (SSSR count). The number of para-hydroxylation sites is 1. The number of thioether (sulfide) groups is 1. The number of carbonyl (C=O) groups is 1. The van der Waals surface area contributed by atoms with E-state index in [1.165, 1.54) is 5.69 Å². The van der Waals surface area contributed by atoms with Crippen LogP contribution in [0.5, 0.6) is 5.75 Å². The van der Waals surface area contributed by atoms with Gasteiger partial charge in [-0.25, -0.2) is 0 Å². The Hall–Kier alpha value is -3.04. The first-order valence-corrected chi connectivity index (χ1v) is 13.0. The molecule has 0 bridgehead atoms. The average molecular weight is 495 g/mol. The number of amides is 1. The van der Waals surface area contributed by atoms with Crippen molar-refractivity contribution in [2.24, 2.45) is 0 Å². The summed E-state index contributed by atoms with van der Waals surface area (Å²) in [5, 5.41) is 13.4. The Morgan fingerprint density at radius 2 is 1.94 bits per heavy atom. The summed E-state index contributed by atoms with van der Waals surface area (Å²) in [7, 11) is 1.67. The van der Waals surface area contributed by atoms with E-state index in [1.54, 1.807) is 30.2 Å². The number of furan rings is 1. The van der Waals surface area contributed by atoms with E-state index in [0.717, 1.165) is 57.6 Å². The first-order chi connectivity index (χ1) is 16.6. The third kappa shape index (κ3) is 4.90. The molecule has 0 unspecified atom stereocenters. The minimum absolute atomic E-state index is 0.113. The number of benzene rings is 2. The van der Waals surface area contributed by atoms with Gasteiger partial charge in [0.25, 0.3) is 5.91 Å². The van der Waals surface area contributed by atoms with Crippen LogP contribution in [0.4, 0.5) is 5.69 Å². The molecule has 0 aliphatic carbocycles. The number of aromatic nitrogens is 2. The van der Waals surface area contributed by atoms with Crippen LogP contribution in [-0.4, -0.2) is 42.3 Å². The molecule has 7 nitrogen and oxygen atoms in total. The second kappa shape index (κ2) is 10.1. The highest BCUT2D eigenvalue weighted by molar-refractivity contribution is 8.00. The number of anilines is 1. The van der Waals surface area contributed by atoms with Gasteiger partial charge in [0.15, 0.2) is 10.1 Å². The van der Waals surface area contributed by atoms with Crippen molar-refractivity contribution < 1.29 is 13.9 Å². The number of nitrogens with one attached hydrogen (secondary N) is 1. The minimum atomic E-state index is -0.150. The summed E-state index contributed by atoms with van der Waals surface area (Å²) in [6.45, 7) is 3.71. The highest BCUT2D eigenvalue weighted by Gasteiger charge is 2.26. The van der Waals surface area contributed by atoms with Gasteiger partial charge in [-0.05, 0) is 50.1 Å². The maximum atomic E-state index is 13.3. The van der Waals surface area contributed by atoms with Gasteiger partial charge in [0.2, 0.25) is 0 Å². The lowest BCUT2D eigenvalue weighted by atomic mass is 10.0. The number of piperidine rings is 1. The van der Waals surface area contributed by atoms with Gasteiger partial charge in [-0.15, -0.1) is 10.2 Å². The maximum Gasteiger partial charge on any atom is 0.287 e. The van der Waals surface area contributed by atoms with Gasteiger partial charge in [-0.3, -0.25) is 4.79 Å². The standard InChI is InChI=1S/C25H26N4O3S2/c1-16-27-28-25(34-16)33-15-21-20-5-3-4-6-22(20)32-23(21)24(30)26-17-11-13-29(14-12-17)18-7-9-19(31-2)10-8-18/h3-10,17H,11-15H2,1-2H3,(H,26,30). The van der Waals surface area contributed by atoms with Crippen molar-refractivity contribution in [1.29, 1.82) is 0 Å². The van der Waals surface area contributed by atoms with Crippen LogP contribution >= 0.6 is 23.1 Å². The highest BCUT2D eigenvalue weighted by Crippen LogP contribution is 2.33. The molecule has 9 heteroatoms. The van der Waals surface area contributed by atoms with Crippen LogP contribution in [0.3, 0.4) is 0 Å². The molecular weight excluding hydrogens is 468 g/mol. The van der Waals surface area contributed by atoms with Crippen LogP contribution < -0.4 is 15.0 Å². The molecule has 1 N–H and O–H groups in total. The summed E-state index contributed by atoms with van der Waals surface area (Å²) in [4.78, 5) is 15.6. The molecule has 0 saturated carbocycles. The van der Waals surface area contributed by atoms with Gasteiger partial charge in [-0.2, -0.15) is 0 Å². The topological polar surface area (TPSA) is 80.5 Å². The van der Waals surface area contributed by atoms with Crippen molar-refractivity contribution in [3.63, 3.8) is 0 Å². The number of nitrogens with zero attached hydrogens (tertiary/aromatic N) is 3. The molecule has 1 amide bonds. The summed E-state index contributed by atoms with van der Waals surface area (Å²) >= 11 is 3.14. The molecule has 34 heavy (non-hydrogen) atoms. The van der Waals surface area contributed by atoms with Crippen molar-refractivity contribution in [1.82, 2.24) is 15.5 Å². The summed E-state index contributed by atoms with van der Waals surface area (Å²) in [6.07, 6.45) is 1.76. The molecule has 1 fully saturated rings. The van der Waals surface area contributed by atoms with Crippen molar-refractivity contribution in [2.45, 2.75) is 35.9 Å². The van der Waals surface area contributed by atoms with E-state index in [1.807, 2.05) is 43.3 Å². The zero-order valence-electron chi connectivity index (χ0n) is 19.1. The largest absolute Gasteiger partial charge is 0.497 e. The van der Waals surface area contributed by atoms with Crippen molar-refractivity contribution in [2.75, 3.05) is 25.1 Å². The predicted octanol–water partition coefficient (Wildman–Crippen LogP) is 5.29. The second-order valence-electron chi connectivity index (χ2n) is 8.21. The molecular formula is C25H26N4O3S2. The van der Waals surface area contributed by atoms with E-state index >= 15 is 0 Å². The molecule has 4 aromatic rings. The fraction of sp³-hybridized carbons (Fsp3) is 0.320. The monoisotopic (exact) mass is 494 g/mol. The molecule has 1 saturated heterocycles. The molecule has 0 spiro atoms. The predicted molar refractivity (Wildman–Crippen MR) is 136 cm³/mol. The van der Waals surface area contributed by atoms with Crippen LogP contribution in [0.15, 0.2) is 57.3 Å². The van der Waals surface area contributed by atoms with Crippen LogP contribution in [0.2, 0.25) is 0 Å². The second-order valence-corrected chi connectivity index (χ2v) is 10.6. The molecule has 2 aromatic heterocycles. The van der Waals surface area contributed by atoms with Crippen LogP contribution in [0.25, 0.3) is 11.0 Å². The lowest BCUT2D eigenvalue weighted by molar-refractivity contribution is 0.0904. The molecule has 3 heterocycles. The number of carbonyl (C=O) groups excluding carboxylic acids is 1. The number of rotatable bonds is 7. The molecule has 176 valence electrons. The third-order valence-corrected chi connectivity index (χ3v) is 8.02. The highest BCUT2D eigenvalue weighted by atomic mass is 32.2. The number of hydrogen-bond donors (Lipinski definition) is 1. The van der Waals surface area contributed by atoms with Crippen molar-refractivity contribution >= 4 is 45.7 Å². The van der Waals surface area contributed by atoms with E-state index in [-0.39, 0.29) is 11.9 Å². The SMILES string of the molecule is COc1ccc(N2CCC(NC(=O)c3oc4ccccc4c3CSc3nnc(C)s3)CC2)cc1. The quantitative estimate of drug-likeness (QED) is 0.350. The Morgan fingerprint density at radius 3 is 2.65 bits per heavy atom. The number of hydrogen-bond acceptors (Lipinski definition) is 8.